The van der Waals surface area contributed by atoms with E-state index in [2.05, 4.69) is 33.0 Å². The maximum atomic E-state index is 14.6. The van der Waals surface area contributed by atoms with Crippen LogP contribution < -0.4 is 15.8 Å². The van der Waals surface area contributed by atoms with Crippen LogP contribution >= 0.6 is 0 Å². The molecule has 3 unspecified atom stereocenters. The van der Waals surface area contributed by atoms with E-state index >= 15 is 0 Å². The first kappa shape index (κ1) is 28.7. The third-order valence-electron chi connectivity index (χ3n) is 8.44. The molecule has 4 rings (SSSR count). The molecule has 0 fully saturated rings. The zero-order valence-electron chi connectivity index (χ0n) is 23.6. The number of nitrogens with two attached hydrogens (primary N) is 1. The molecule has 0 saturated carbocycles. The molecule has 7 nitrogen and oxygen atoms in total. The Hall–Kier alpha value is -3.35. The molecule has 0 saturated heterocycles. The van der Waals surface area contributed by atoms with Crippen LogP contribution in [-0.2, 0) is 20.7 Å². The number of nitrogens with one attached hydrogen (secondary N) is 1. The summed E-state index contributed by atoms with van der Waals surface area (Å²) in [5.41, 5.74) is 5.41. The van der Waals surface area contributed by atoms with Crippen LogP contribution in [0, 0.1) is 5.92 Å². The molecule has 1 heterocycles. The van der Waals surface area contributed by atoms with Gasteiger partial charge in [-0.3, -0.25) is 14.4 Å². The minimum absolute atomic E-state index is 0.192. The highest BCUT2D eigenvalue weighted by atomic mass is 16.5. The molecule has 1 amide bonds. The number of amides is 1. The molecule has 7 heteroatoms. The quantitative estimate of drug-likeness (QED) is 0.201. The molecular formula is C32H42N2O5. The molecule has 2 aromatic rings. The lowest BCUT2D eigenvalue weighted by Gasteiger charge is -2.42. The molecule has 1 aliphatic carbocycles. The standard InChI is InChI=1S/C32H42N2O5/c1-5-7-9-11-16-27(35)34-31-22-18-17-21(20(3)4)19-26(22)39-32(31,24(30(37)38)13-10-8-6-2)23-14-12-15-25(33)28(23)29(31)36/h12,14-15,17-20,24H,5-11,13,16,33H2,1-4H3,(H,34,35)(H,37,38). The van der Waals surface area contributed by atoms with Gasteiger partial charge in [-0.15, -0.1) is 0 Å². The minimum Gasteiger partial charge on any atom is -0.481 e. The summed E-state index contributed by atoms with van der Waals surface area (Å²) in [6.45, 7) is 8.29. The van der Waals surface area contributed by atoms with Crippen LogP contribution in [0.15, 0.2) is 36.4 Å². The van der Waals surface area contributed by atoms with Gasteiger partial charge in [0.1, 0.15) is 11.7 Å². The SMILES string of the molecule is CCCCCCC(=O)NC12C(=O)c3c(N)cccc3C1(C(CCCCC)C(=O)O)Oc1cc(C(C)C)ccc12. The van der Waals surface area contributed by atoms with Gasteiger partial charge in [-0.05, 0) is 36.5 Å². The van der Waals surface area contributed by atoms with Crippen molar-refractivity contribution in [2.45, 2.75) is 103 Å². The summed E-state index contributed by atoms with van der Waals surface area (Å²) in [6.07, 6.45) is 6.60. The van der Waals surface area contributed by atoms with Crippen LogP contribution in [-0.4, -0.2) is 22.8 Å². The van der Waals surface area contributed by atoms with Gasteiger partial charge in [0.05, 0.1) is 5.56 Å². The van der Waals surface area contributed by atoms with Crippen molar-refractivity contribution in [3.05, 3.63) is 58.7 Å². The van der Waals surface area contributed by atoms with Crippen molar-refractivity contribution in [1.29, 1.82) is 0 Å². The van der Waals surface area contributed by atoms with Crippen molar-refractivity contribution in [3.63, 3.8) is 0 Å². The van der Waals surface area contributed by atoms with Crippen molar-refractivity contribution in [2.24, 2.45) is 5.92 Å². The van der Waals surface area contributed by atoms with Crippen LogP contribution in [0.25, 0.3) is 0 Å². The number of carboxylic acid groups (broad SMARTS) is 1. The number of hydrogen-bond donors (Lipinski definition) is 3. The number of unbranched alkanes of at least 4 members (excludes halogenated alkanes) is 5. The highest BCUT2D eigenvalue weighted by Gasteiger charge is 2.75. The maximum absolute atomic E-state index is 14.6. The van der Waals surface area contributed by atoms with E-state index in [1.165, 1.54) is 0 Å². The Morgan fingerprint density at radius 3 is 2.38 bits per heavy atom. The minimum atomic E-state index is -1.73. The number of anilines is 1. The number of benzene rings is 2. The Bertz CT molecular complexity index is 1260. The molecule has 2 aliphatic rings. The van der Waals surface area contributed by atoms with Gasteiger partial charge < -0.3 is 20.9 Å². The molecule has 1 aliphatic heterocycles. The van der Waals surface area contributed by atoms with E-state index in [-0.39, 0.29) is 29.5 Å². The molecule has 0 aromatic heterocycles. The summed E-state index contributed by atoms with van der Waals surface area (Å²) >= 11 is 0. The average molecular weight is 535 g/mol. The summed E-state index contributed by atoms with van der Waals surface area (Å²) in [4.78, 5) is 41.3. The lowest BCUT2D eigenvalue weighted by atomic mass is 9.67. The Balaban J connectivity index is 1.96. The summed E-state index contributed by atoms with van der Waals surface area (Å²) in [7, 11) is 0. The molecule has 0 bridgehead atoms. The first-order valence-electron chi connectivity index (χ1n) is 14.5. The predicted octanol–water partition coefficient (Wildman–Crippen LogP) is 6.44. The smallest absolute Gasteiger partial charge is 0.311 e. The summed E-state index contributed by atoms with van der Waals surface area (Å²) in [6, 6.07) is 10.8. The third kappa shape index (κ3) is 4.60. The number of carboxylic acids is 1. The fraction of sp³-hybridized carbons (Fsp3) is 0.531. The van der Waals surface area contributed by atoms with Crippen LogP contribution in [0.1, 0.15) is 118 Å². The van der Waals surface area contributed by atoms with Gasteiger partial charge in [0.25, 0.3) is 0 Å². The van der Waals surface area contributed by atoms with Gasteiger partial charge in [0, 0.05) is 23.2 Å². The average Bonchev–Trinajstić information content (AvgIpc) is 3.29. The van der Waals surface area contributed by atoms with E-state index < -0.39 is 28.8 Å². The van der Waals surface area contributed by atoms with Gasteiger partial charge in [0.15, 0.2) is 16.9 Å². The van der Waals surface area contributed by atoms with Crippen molar-refractivity contribution in [1.82, 2.24) is 5.32 Å². The number of hydrogen-bond acceptors (Lipinski definition) is 5. The van der Waals surface area contributed by atoms with Crippen LogP contribution in [0.3, 0.4) is 0 Å². The number of ether oxygens (including phenoxy) is 1. The van der Waals surface area contributed by atoms with Crippen LogP contribution in [0.2, 0.25) is 0 Å². The van der Waals surface area contributed by atoms with Crippen molar-refractivity contribution in [3.8, 4) is 5.75 Å². The van der Waals surface area contributed by atoms with Crippen LogP contribution in [0.5, 0.6) is 5.75 Å². The van der Waals surface area contributed by atoms with Crippen molar-refractivity contribution < 1.29 is 24.2 Å². The predicted molar refractivity (Wildman–Crippen MR) is 152 cm³/mol. The number of fused-ring (bicyclic) bond motifs is 5. The number of nitrogen functional groups attached to an aromatic ring is 1. The van der Waals surface area contributed by atoms with Gasteiger partial charge in [-0.1, -0.05) is 90.5 Å². The molecule has 3 atom stereocenters. The van der Waals surface area contributed by atoms with Gasteiger partial charge in [-0.25, -0.2) is 0 Å². The second-order valence-electron chi connectivity index (χ2n) is 11.3. The highest BCUT2D eigenvalue weighted by molar-refractivity contribution is 6.16. The molecule has 0 radical (unpaired) electrons. The van der Waals surface area contributed by atoms with E-state index in [0.717, 1.165) is 37.7 Å². The molecule has 2 aromatic carbocycles. The maximum Gasteiger partial charge on any atom is 0.311 e. The number of carbonyl (C=O) groups is 3. The van der Waals surface area contributed by atoms with Gasteiger partial charge >= 0.3 is 5.97 Å². The fourth-order valence-corrected chi connectivity index (χ4v) is 6.43. The number of ketones is 1. The lowest BCUT2D eigenvalue weighted by molar-refractivity contribution is -0.156. The summed E-state index contributed by atoms with van der Waals surface area (Å²) in [5.74, 6) is -2.22. The molecule has 0 spiro atoms. The Morgan fingerprint density at radius 2 is 1.72 bits per heavy atom. The Morgan fingerprint density at radius 1 is 1.00 bits per heavy atom. The number of carbonyl (C=O) groups excluding carboxylic acids is 2. The third-order valence-corrected chi connectivity index (χ3v) is 8.44. The summed E-state index contributed by atoms with van der Waals surface area (Å²) < 4.78 is 6.79. The van der Waals surface area contributed by atoms with Crippen LogP contribution in [0.4, 0.5) is 5.69 Å². The number of aliphatic carboxylic acids is 1. The van der Waals surface area contributed by atoms with E-state index in [0.29, 0.717) is 36.1 Å². The summed E-state index contributed by atoms with van der Waals surface area (Å²) in [5, 5.41) is 13.8. The first-order valence-corrected chi connectivity index (χ1v) is 14.5. The normalized spacial score (nSPS) is 21.7. The monoisotopic (exact) mass is 534 g/mol. The lowest BCUT2D eigenvalue weighted by Crippen LogP contribution is -2.64. The number of rotatable bonds is 13. The first-order chi connectivity index (χ1) is 18.6. The van der Waals surface area contributed by atoms with E-state index in [1.54, 1.807) is 18.2 Å². The van der Waals surface area contributed by atoms with Crippen molar-refractivity contribution in [2.75, 3.05) is 5.73 Å². The largest absolute Gasteiger partial charge is 0.481 e. The fourth-order valence-electron chi connectivity index (χ4n) is 6.43. The zero-order chi connectivity index (χ0) is 28.4. The Labute approximate surface area is 231 Å². The van der Waals surface area contributed by atoms with E-state index in [9.17, 15) is 19.5 Å². The van der Waals surface area contributed by atoms with Crippen molar-refractivity contribution >= 4 is 23.3 Å². The second-order valence-corrected chi connectivity index (χ2v) is 11.3. The number of Topliss-reactive ketones (excluding diaryl/α,β-unsaturated/α-hetero) is 1. The molecule has 210 valence electrons. The molecule has 39 heavy (non-hydrogen) atoms. The Kier molecular flexibility index (Phi) is 8.38. The van der Waals surface area contributed by atoms with E-state index in [1.807, 2.05) is 18.2 Å². The second kappa shape index (κ2) is 11.4. The molecular weight excluding hydrogens is 492 g/mol. The molecule has 4 N–H and O–H groups in total. The topological polar surface area (TPSA) is 119 Å². The van der Waals surface area contributed by atoms with Gasteiger partial charge in [-0.2, -0.15) is 0 Å². The zero-order valence-corrected chi connectivity index (χ0v) is 23.6. The van der Waals surface area contributed by atoms with Gasteiger partial charge in [0.2, 0.25) is 5.91 Å². The highest BCUT2D eigenvalue weighted by Crippen LogP contribution is 2.64. The van der Waals surface area contributed by atoms with E-state index in [4.69, 9.17) is 10.5 Å².